The lowest BCUT2D eigenvalue weighted by atomic mass is 10.2. The van der Waals surface area contributed by atoms with Gasteiger partial charge in [0.1, 0.15) is 0 Å². The number of aryl methyl sites for hydroxylation is 1. The smallest absolute Gasteiger partial charge is 0.223 e. The van der Waals surface area contributed by atoms with Gasteiger partial charge < -0.3 is 10.4 Å². The number of hydrogen-bond acceptors (Lipinski definition) is 4. The summed E-state index contributed by atoms with van der Waals surface area (Å²) in [5.41, 5.74) is 1.03. The fraction of sp³-hybridized carbons (Fsp3) is 0.600. The van der Waals surface area contributed by atoms with Gasteiger partial charge in [0.25, 0.3) is 0 Å². The molecule has 2 rings (SSSR count). The number of nitrogens with zero attached hydrogens (tertiary/aromatic N) is 2. The molecule has 1 heterocycles. The summed E-state index contributed by atoms with van der Waals surface area (Å²) >= 11 is 0. The third-order valence-electron chi connectivity index (χ3n) is 2.62. The van der Waals surface area contributed by atoms with E-state index in [2.05, 4.69) is 15.3 Å². The minimum atomic E-state index is 0.0720. The van der Waals surface area contributed by atoms with Crippen LogP contribution in [0.5, 0.6) is 0 Å². The van der Waals surface area contributed by atoms with E-state index in [9.17, 15) is 0 Å². The minimum absolute atomic E-state index is 0.0720. The number of aromatic nitrogens is 2. The molecular weight excluding hydrogens is 178 g/mol. The summed E-state index contributed by atoms with van der Waals surface area (Å²) < 4.78 is 0. The zero-order chi connectivity index (χ0) is 10.0. The van der Waals surface area contributed by atoms with Gasteiger partial charge in [0.15, 0.2) is 0 Å². The predicted octanol–water partition coefficient (Wildman–Crippen LogP) is 1.11. The monoisotopic (exact) mass is 193 g/mol. The van der Waals surface area contributed by atoms with Gasteiger partial charge in [-0.3, -0.25) is 0 Å². The number of aliphatic hydroxyl groups excluding tert-OH is 1. The third-order valence-corrected chi connectivity index (χ3v) is 2.62. The normalized spacial score (nSPS) is 17.9. The van der Waals surface area contributed by atoms with E-state index in [1.165, 1.54) is 0 Å². The molecule has 76 valence electrons. The Morgan fingerprint density at radius 1 is 1.57 bits per heavy atom. The molecule has 0 aliphatic heterocycles. The third kappa shape index (κ3) is 2.01. The average molecular weight is 193 g/mol. The Morgan fingerprint density at radius 3 is 2.93 bits per heavy atom. The van der Waals surface area contributed by atoms with Gasteiger partial charge in [0.05, 0.1) is 0 Å². The Bertz CT molecular complexity index is 323. The van der Waals surface area contributed by atoms with Crippen LogP contribution in [0.4, 0.5) is 5.95 Å². The Morgan fingerprint density at radius 2 is 2.36 bits per heavy atom. The lowest BCUT2D eigenvalue weighted by molar-refractivity contribution is 0.275. The molecule has 1 aliphatic carbocycles. The fourth-order valence-corrected chi connectivity index (χ4v) is 1.55. The summed E-state index contributed by atoms with van der Waals surface area (Å²) in [7, 11) is 0. The number of aliphatic hydroxyl groups is 1. The Hall–Kier alpha value is -1.16. The maximum absolute atomic E-state index is 8.89. The van der Waals surface area contributed by atoms with Crippen molar-refractivity contribution in [3.05, 3.63) is 18.0 Å². The van der Waals surface area contributed by atoms with Crippen molar-refractivity contribution in [2.45, 2.75) is 31.7 Å². The molecule has 14 heavy (non-hydrogen) atoms. The predicted molar refractivity (Wildman–Crippen MR) is 54.1 cm³/mol. The van der Waals surface area contributed by atoms with Gasteiger partial charge in [-0.25, -0.2) is 9.97 Å². The number of hydrogen-bond donors (Lipinski definition) is 2. The molecular formula is C10H15N3O. The highest BCUT2D eigenvalue weighted by molar-refractivity contribution is 5.33. The first kappa shape index (κ1) is 9.40. The molecule has 1 fully saturated rings. The zero-order valence-electron chi connectivity index (χ0n) is 8.32. The Balaban J connectivity index is 2.03. The van der Waals surface area contributed by atoms with E-state index >= 15 is 0 Å². The van der Waals surface area contributed by atoms with Crippen LogP contribution in [0.2, 0.25) is 0 Å². The molecule has 0 amide bonds. The first-order valence-electron chi connectivity index (χ1n) is 4.93. The van der Waals surface area contributed by atoms with Crippen LogP contribution < -0.4 is 5.32 Å². The van der Waals surface area contributed by atoms with E-state index in [4.69, 9.17) is 5.11 Å². The van der Waals surface area contributed by atoms with Crippen LogP contribution in [-0.2, 0) is 0 Å². The zero-order valence-corrected chi connectivity index (χ0v) is 8.32. The molecule has 1 aliphatic rings. The van der Waals surface area contributed by atoms with Crippen LogP contribution in [0.25, 0.3) is 0 Å². The van der Waals surface area contributed by atoms with E-state index < -0.39 is 0 Å². The number of anilines is 1. The second kappa shape index (κ2) is 3.53. The van der Waals surface area contributed by atoms with Gasteiger partial charge in [-0.1, -0.05) is 0 Å². The molecule has 4 nitrogen and oxygen atoms in total. The van der Waals surface area contributed by atoms with Crippen molar-refractivity contribution in [1.82, 2.24) is 9.97 Å². The summed E-state index contributed by atoms with van der Waals surface area (Å²) in [5, 5.41) is 12.2. The van der Waals surface area contributed by atoms with Crippen LogP contribution in [-0.4, -0.2) is 27.2 Å². The molecule has 0 unspecified atom stereocenters. The van der Waals surface area contributed by atoms with E-state index in [-0.39, 0.29) is 12.1 Å². The van der Waals surface area contributed by atoms with Crippen molar-refractivity contribution in [3.63, 3.8) is 0 Å². The van der Waals surface area contributed by atoms with E-state index in [1.807, 2.05) is 13.0 Å². The molecule has 0 saturated heterocycles. The summed E-state index contributed by atoms with van der Waals surface area (Å²) in [6, 6.07) is 1.87. The maximum Gasteiger partial charge on any atom is 0.223 e. The van der Waals surface area contributed by atoms with Crippen molar-refractivity contribution in [3.8, 4) is 0 Å². The van der Waals surface area contributed by atoms with Gasteiger partial charge in [-0.2, -0.15) is 0 Å². The summed E-state index contributed by atoms with van der Waals surface area (Å²) in [6.07, 6.45) is 4.74. The van der Waals surface area contributed by atoms with Crippen molar-refractivity contribution in [1.29, 1.82) is 0 Å². The Kier molecular flexibility index (Phi) is 2.37. The van der Waals surface area contributed by atoms with Crippen LogP contribution in [0.15, 0.2) is 12.3 Å². The van der Waals surface area contributed by atoms with Crippen molar-refractivity contribution < 1.29 is 5.11 Å². The number of nitrogens with one attached hydrogen (secondary N) is 1. The minimum Gasteiger partial charge on any atom is -0.396 e. The van der Waals surface area contributed by atoms with Crippen LogP contribution in [0.1, 0.15) is 25.0 Å². The molecule has 0 bridgehead atoms. The van der Waals surface area contributed by atoms with Gasteiger partial charge >= 0.3 is 0 Å². The summed E-state index contributed by atoms with van der Waals surface area (Å²) in [5.74, 6) is 0.677. The summed E-state index contributed by atoms with van der Waals surface area (Å²) in [6.45, 7) is 2.16. The summed E-state index contributed by atoms with van der Waals surface area (Å²) in [4.78, 5) is 8.42. The van der Waals surface area contributed by atoms with Gasteiger partial charge in [-0.05, 0) is 32.3 Å². The fourth-order valence-electron chi connectivity index (χ4n) is 1.55. The van der Waals surface area contributed by atoms with E-state index in [1.54, 1.807) is 6.20 Å². The number of rotatable bonds is 4. The Labute approximate surface area is 83.4 Å². The highest BCUT2D eigenvalue weighted by Gasteiger charge is 2.42. The van der Waals surface area contributed by atoms with Crippen molar-refractivity contribution in [2.24, 2.45) is 0 Å². The lowest BCUT2D eigenvalue weighted by Crippen LogP contribution is -2.24. The topological polar surface area (TPSA) is 58.0 Å². The molecule has 0 atom stereocenters. The molecule has 0 spiro atoms. The maximum atomic E-state index is 8.89. The molecule has 1 aromatic heterocycles. The average Bonchev–Trinajstić information content (AvgIpc) is 2.85. The van der Waals surface area contributed by atoms with Gasteiger partial charge in [-0.15, -0.1) is 0 Å². The van der Waals surface area contributed by atoms with E-state index in [0.717, 1.165) is 25.0 Å². The second-order valence-electron chi connectivity index (χ2n) is 3.90. The van der Waals surface area contributed by atoms with E-state index in [0.29, 0.717) is 5.95 Å². The molecule has 1 aromatic rings. The first-order chi connectivity index (χ1) is 6.74. The molecule has 2 N–H and O–H groups in total. The van der Waals surface area contributed by atoms with Gasteiger partial charge in [0.2, 0.25) is 5.95 Å². The highest BCUT2D eigenvalue weighted by Crippen LogP contribution is 2.40. The van der Waals surface area contributed by atoms with Crippen molar-refractivity contribution >= 4 is 5.95 Å². The molecule has 4 heteroatoms. The van der Waals surface area contributed by atoms with Crippen LogP contribution in [0, 0.1) is 6.92 Å². The largest absolute Gasteiger partial charge is 0.396 e. The molecule has 0 radical (unpaired) electrons. The SMILES string of the molecule is Cc1ccnc(NC2(CCO)CC2)n1. The second-order valence-corrected chi connectivity index (χ2v) is 3.90. The molecule has 0 aromatic carbocycles. The molecule has 1 saturated carbocycles. The highest BCUT2D eigenvalue weighted by atomic mass is 16.3. The van der Waals surface area contributed by atoms with Gasteiger partial charge in [0, 0.05) is 24.0 Å². The van der Waals surface area contributed by atoms with Crippen molar-refractivity contribution in [2.75, 3.05) is 11.9 Å². The lowest BCUT2D eigenvalue weighted by Gasteiger charge is -2.15. The van der Waals surface area contributed by atoms with Crippen LogP contribution >= 0.6 is 0 Å². The van der Waals surface area contributed by atoms with Crippen LogP contribution in [0.3, 0.4) is 0 Å². The first-order valence-corrected chi connectivity index (χ1v) is 4.93. The quantitative estimate of drug-likeness (QED) is 0.752. The standard InChI is InChI=1S/C10H15N3O/c1-8-2-6-11-9(12-8)13-10(3-4-10)5-7-14/h2,6,14H,3-5,7H2,1H3,(H,11,12,13).